The minimum absolute atomic E-state index is 0.719. The van der Waals surface area contributed by atoms with Crippen LogP contribution < -0.4 is 0 Å². The van der Waals surface area contributed by atoms with Crippen LogP contribution in [0.15, 0.2) is 30.3 Å². The largest absolute Gasteiger partial charge is 0.306 e. The fourth-order valence-corrected chi connectivity index (χ4v) is 3.65. The van der Waals surface area contributed by atoms with Crippen LogP contribution in [0.25, 0.3) is 0 Å². The van der Waals surface area contributed by atoms with Crippen LogP contribution in [0, 0.1) is 11.8 Å². The van der Waals surface area contributed by atoms with Gasteiger partial charge in [0.25, 0.3) is 0 Å². The maximum Gasteiger partial charge on any atom is 0.0233 e. The molecular weight excluding hydrogens is 220 g/mol. The molecule has 0 spiro atoms. The van der Waals surface area contributed by atoms with Gasteiger partial charge in [-0.3, -0.25) is 4.90 Å². The van der Waals surface area contributed by atoms with Crippen LogP contribution in [0.3, 0.4) is 0 Å². The predicted octanol–water partition coefficient (Wildman–Crippen LogP) is 2.70. The summed E-state index contributed by atoms with van der Waals surface area (Å²) in [5.41, 5.74) is 1.43. The Morgan fingerprint density at radius 2 is 1.61 bits per heavy atom. The first-order valence-corrected chi connectivity index (χ1v) is 7.00. The predicted molar refractivity (Wildman–Crippen MR) is 77.5 cm³/mol. The van der Waals surface area contributed by atoms with E-state index in [2.05, 4.69) is 68.1 Å². The molecule has 2 rings (SSSR count). The highest BCUT2D eigenvalue weighted by atomic mass is 15.2. The minimum Gasteiger partial charge on any atom is -0.306 e. The fourth-order valence-electron chi connectivity index (χ4n) is 3.65. The SMILES string of the molecule is CC1CN(Cc2ccccc2)CC(C)C1N(C)C. The summed E-state index contributed by atoms with van der Waals surface area (Å²) in [5.74, 6) is 1.49. The van der Waals surface area contributed by atoms with E-state index in [9.17, 15) is 0 Å². The van der Waals surface area contributed by atoms with Gasteiger partial charge >= 0.3 is 0 Å². The summed E-state index contributed by atoms with van der Waals surface area (Å²) in [7, 11) is 4.43. The van der Waals surface area contributed by atoms with Gasteiger partial charge in [-0.2, -0.15) is 0 Å². The van der Waals surface area contributed by atoms with E-state index in [0.29, 0.717) is 0 Å². The lowest BCUT2D eigenvalue weighted by molar-refractivity contribution is 0.0447. The van der Waals surface area contributed by atoms with Crippen LogP contribution in [0.5, 0.6) is 0 Å². The van der Waals surface area contributed by atoms with E-state index in [-0.39, 0.29) is 0 Å². The van der Waals surface area contributed by atoms with Crippen molar-refractivity contribution in [2.24, 2.45) is 11.8 Å². The molecule has 0 bridgehead atoms. The molecule has 2 nitrogen and oxygen atoms in total. The zero-order valence-electron chi connectivity index (χ0n) is 12.1. The van der Waals surface area contributed by atoms with E-state index in [1.807, 2.05) is 0 Å². The molecule has 100 valence electrons. The Morgan fingerprint density at radius 1 is 1.06 bits per heavy atom. The quantitative estimate of drug-likeness (QED) is 0.809. The summed E-state index contributed by atoms with van der Waals surface area (Å²) < 4.78 is 0. The van der Waals surface area contributed by atoms with Crippen molar-refractivity contribution in [2.75, 3.05) is 27.2 Å². The van der Waals surface area contributed by atoms with Gasteiger partial charge in [0.15, 0.2) is 0 Å². The Balaban J connectivity index is 1.98. The average Bonchev–Trinajstić information content (AvgIpc) is 2.28. The summed E-state index contributed by atoms with van der Waals surface area (Å²) in [6.45, 7) is 8.29. The third kappa shape index (κ3) is 3.12. The highest BCUT2D eigenvalue weighted by Crippen LogP contribution is 2.26. The Morgan fingerprint density at radius 3 is 2.11 bits per heavy atom. The number of piperidine rings is 1. The van der Waals surface area contributed by atoms with Gasteiger partial charge < -0.3 is 4.90 Å². The molecular formula is C16H26N2. The number of hydrogen-bond acceptors (Lipinski definition) is 2. The number of rotatable bonds is 3. The van der Waals surface area contributed by atoms with Crippen LogP contribution >= 0.6 is 0 Å². The van der Waals surface area contributed by atoms with Crippen molar-refractivity contribution < 1.29 is 0 Å². The van der Waals surface area contributed by atoms with Crippen LogP contribution in [0.4, 0.5) is 0 Å². The van der Waals surface area contributed by atoms with Gasteiger partial charge in [0.05, 0.1) is 0 Å². The summed E-state index contributed by atoms with van der Waals surface area (Å²) in [5, 5.41) is 0. The third-order valence-corrected chi connectivity index (χ3v) is 4.10. The Kier molecular flexibility index (Phi) is 4.41. The molecule has 0 saturated carbocycles. The van der Waals surface area contributed by atoms with E-state index < -0.39 is 0 Å². The standard InChI is InChI=1S/C16H26N2/c1-13-10-18(11-14(2)16(13)17(3)4)12-15-8-6-5-7-9-15/h5-9,13-14,16H,10-12H2,1-4H3. The van der Waals surface area contributed by atoms with Gasteiger partial charge in [-0.25, -0.2) is 0 Å². The molecule has 1 aliphatic rings. The summed E-state index contributed by atoms with van der Waals surface area (Å²) in [4.78, 5) is 5.00. The van der Waals surface area contributed by atoms with E-state index in [1.165, 1.54) is 18.7 Å². The maximum absolute atomic E-state index is 2.60. The number of likely N-dealkylation sites (tertiary alicyclic amines) is 1. The Labute approximate surface area is 112 Å². The molecule has 0 aliphatic carbocycles. The lowest BCUT2D eigenvalue weighted by Crippen LogP contribution is -2.52. The normalized spacial score (nSPS) is 29.7. The minimum atomic E-state index is 0.719. The molecule has 1 aliphatic heterocycles. The van der Waals surface area contributed by atoms with Crippen molar-refractivity contribution in [2.45, 2.75) is 26.4 Å². The Bertz CT molecular complexity index is 349. The average molecular weight is 246 g/mol. The summed E-state index contributed by atoms with van der Waals surface area (Å²) in [6.07, 6.45) is 0. The van der Waals surface area contributed by atoms with Crippen molar-refractivity contribution in [1.82, 2.24) is 9.80 Å². The second-order valence-corrected chi connectivity index (χ2v) is 6.09. The van der Waals surface area contributed by atoms with E-state index in [4.69, 9.17) is 0 Å². The van der Waals surface area contributed by atoms with E-state index in [1.54, 1.807) is 0 Å². The molecule has 0 radical (unpaired) electrons. The molecule has 0 amide bonds. The molecule has 0 aromatic heterocycles. The fraction of sp³-hybridized carbons (Fsp3) is 0.625. The smallest absolute Gasteiger partial charge is 0.0233 e. The lowest BCUT2D eigenvalue weighted by Gasteiger charge is -2.44. The van der Waals surface area contributed by atoms with Gasteiger partial charge in [-0.1, -0.05) is 44.2 Å². The first kappa shape index (κ1) is 13.6. The molecule has 1 aromatic rings. The van der Waals surface area contributed by atoms with Crippen LogP contribution in [-0.2, 0) is 6.54 Å². The topological polar surface area (TPSA) is 6.48 Å². The zero-order valence-corrected chi connectivity index (χ0v) is 12.1. The van der Waals surface area contributed by atoms with Crippen LogP contribution in [0.1, 0.15) is 19.4 Å². The third-order valence-electron chi connectivity index (χ3n) is 4.10. The van der Waals surface area contributed by atoms with Gasteiger partial charge in [-0.15, -0.1) is 0 Å². The molecule has 18 heavy (non-hydrogen) atoms. The number of nitrogens with zero attached hydrogens (tertiary/aromatic N) is 2. The van der Waals surface area contributed by atoms with Gasteiger partial charge in [-0.05, 0) is 31.5 Å². The first-order valence-electron chi connectivity index (χ1n) is 7.00. The van der Waals surface area contributed by atoms with Crippen molar-refractivity contribution in [3.05, 3.63) is 35.9 Å². The molecule has 2 unspecified atom stereocenters. The molecule has 1 fully saturated rings. The highest BCUT2D eigenvalue weighted by Gasteiger charge is 2.32. The molecule has 1 saturated heterocycles. The van der Waals surface area contributed by atoms with E-state index in [0.717, 1.165) is 24.4 Å². The van der Waals surface area contributed by atoms with Crippen molar-refractivity contribution in [3.8, 4) is 0 Å². The molecule has 0 N–H and O–H groups in total. The second kappa shape index (κ2) is 5.85. The van der Waals surface area contributed by atoms with Crippen molar-refractivity contribution >= 4 is 0 Å². The van der Waals surface area contributed by atoms with Gasteiger partial charge in [0.1, 0.15) is 0 Å². The lowest BCUT2D eigenvalue weighted by atomic mass is 9.85. The monoisotopic (exact) mass is 246 g/mol. The maximum atomic E-state index is 2.60. The second-order valence-electron chi connectivity index (χ2n) is 6.09. The highest BCUT2D eigenvalue weighted by molar-refractivity contribution is 5.14. The Hall–Kier alpha value is -0.860. The molecule has 1 heterocycles. The van der Waals surface area contributed by atoms with Gasteiger partial charge in [0, 0.05) is 25.7 Å². The van der Waals surface area contributed by atoms with Crippen LogP contribution in [-0.4, -0.2) is 43.0 Å². The number of benzene rings is 1. The molecule has 2 heteroatoms. The number of hydrogen-bond donors (Lipinski definition) is 0. The molecule has 2 atom stereocenters. The van der Waals surface area contributed by atoms with Crippen molar-refractivity contribution in [1.29, 1.82) is 0 Å². The first-order chi connectivity index (χ1) is 8.58. The molecule has 1 aromatic carbocycles. The summed E-state index contributed by atoms with van der Waals surface area (Å²) >= 11 is 0. The zero-order chi connectivity index (χ0) is 13.1. The van der Waals surface area contributed by atoms with E-state index >= 15 is 0 Å². The van der Waals surface area contributed by atoms with Crippen LogP contribution in [0.2, 0.25) is 0 Å². The van der Waals surface area contributed by atoms with Gasteiger partial charge in [0.2, 0.25) is 0 Å². The summed E-state index contributed by atoms with van der Waals surface area (Å²) in [6, 6.07) is 11.5. The van der Waals surface area contributed by atoms with Crippen molar-refractivity contribution in [3.63, 3.8) is 0 Å².